The maximum absolute atomic E-state index is 11.6. The summed E-state index contributed by atoms with van der Waals surface area (Å²) in [6, 6.07) is 8.10. The molecule has 0 spiro atoms. The van der Waals surface area contributed by atoms with E-state index in [9.17, 15) is 4.79 Å². The summed E-state index contributed by atoms with van der Waals surface area (Å²) in [4.78, 5) is 18.6. The molecule has 0 bridgehead atoms. The van der Waals surface area contributed by atoms with Crippen LogP contribution in [0.25, 0.3) is 0 Å². The number of rotatable bonds is 7. The van der Waals surface area contributed by atoms with Gasteiger partial charge in [0.2, 0.25) is 5.91 Å². The van der Waals surface area contributed by atoms with Crippen molar-refractivity contribution in [1.29, 1.82) is 0 Å². The van der Waals surface area contributed by atoms with Crippen LogP contribution in [0, 0.1) is 12.8 Å². The number of hydrogen-bond acceptors (Lipinski definition) is 3. The molecule has 6 nitrogen and oxygen atoms in total. The van der Waals surface area contributed by atoms with Gasteiger partial charge < -0.3 is 20.3 Å². The monoisotopic (exact) mass is 374 g/mol. The molecular weight excluding hydrogens is 340 g/mol. The Bertz CT molecular complexity index is 607. The number of aliphatic imine (C=N–C) groups is 1. The fourth-order valence-electron chi connectivity index (χ4n) is 3.24. The van der Waals surface area contributed by atoms with Gasteiger partial charge in [-0.2, -0.15) is 0 Å². The number of amides is 1. The summed E-state index contributed by atoms with van der Waals surface area (Å²) in [6.45, 7) is 9.50. The van der Waals surface area contributed by atoms with E-state index >= 15 is 0 Å². The van der Waals surface area contributed by atoms with Gasteiger partial charge in [-0.05, 0) is 51.7 Å². The van der Waals surface area contributed by atoms with Gasteiger partial charge in [-0.3, -0.25) is 4.79 Å². The van der Waals surface area contributed by atoms with E-state index in [2.05, 4.69) is 41.5 Å². The molecular formula is C21H34N4O2. The predicted molar refractivity (Wildman–Crippen MR) is 110 cm³/mol. The summed E-state index contributed by atoms with van der Waals surface area (Å²) in [5.41, 5.74) is 1.22. The van der Waals surface area contributed by atoms with Crippen molar-refractivity contribution < 1.29 is 9.53 Å². The zero-order valence-electron chi connectivity index (χ0n) is 17.1. The van der Waals surface area contributed by atoms with Crippen LogP contribution in [0.3, 0.4) is 0 Å². The number of guanidine groups is 1. The lowest BCUT2D eigenvalue weighted by molar-refractivity contribution is -0.121. The van der Waals surface area contributed by atoms with Gasteiger partial charge in [0.15, 0.2) is 5.96 Å². The van der Waals surface area contributed by atoms with Crippen molar-refractivity contribution in [3.63, 3.8) is 0 Å². The topological polar surface area (TPSA) is 66.0 Å². The van der Waals surface area contributed by atoms with E-state index in [-0.39, 0.29) is 12.0 Å². The van der Waals surface area contributed by atoms with Crippen molar-refractivity contribution in [3.05, 3.63) is 29.8 Å². The van der Waals surface area contributed by atoms with Crippen LogP contribution >= 0.6 is 0 Å². The first-order valence-electron chi connectivity index (χ1n) is 9.99. The predicted octanol–water partition coefficient (Wildman–Crippen LogP) is 2.58. The highest BCUT2D eigenvalue weighted by Gasteiger charge is 2.23. The highest BCUT2D eigenvalue weighted by Crippen LogP contribution is 2.20. The second-order valence-corrected chi connectivity index (χ2v) is 7.24. The Morgan fingerprint density at radius 2 is 1.96 bits per heavy atom. The molecule has 6 heteroatoms. The number of piperidine rings is 1. The van der Waals surface area contributed by atoms with Gasteiger partial charge in [0.05, 0.1) is 6.54 Å². The standard InChI is InChI=1S/C21H34N4O2/c1-5-23-21(25-12-10-18(11-13-25)14-20(26)22-4)24-15-17(3)27-19-8-6-16(2)7-9-19/h6-9,17-18H,5,10-15H2,1-4H3,(H,22,26)(H,23,24). The van der Waals surface area contributed by atoms with Crippen molar-refractivity contribution in [1.82, 2.24) is 15.5 Å². The SMILES string of the molecule is CCNC(=NCC(C)Oc1ccc(C)cc1)N1CCC(CC(=O)NC)CC1. The first-order valence-corrected chi connectivity index (χ1v) is 9.99. The number of likely N-dealkylation sites (tertiary alicyclic amines) is 1. The lowest BCUT2D eigenvalue weighted by atomic mass is 9.93. The molecule has 0 aliphatic carbocycles. The van der Waals surface area contributed by atoms with Crippen LogP contribution in [0.15, 0.2) is 29.3 Å². The number of nitrogens with one attached hydrogen (secondary N) is 2. The quantitative estimate of drug-likeness (QED) is 0.569. The third-order valence-electron chi connectivity index (χ3n) is 4.86. The number of benzene rings is 1. The molecule has 1 amide bonds. The van der Waals surface area contributed by atoms with E-state index in [4.69, 9.17) is 9.73 Å². The van der Waals surface area contributed by atoms with E-state index in [1.807, 2.05) is 19.1 Å². The number of nitrogens with zero attached hydrogens (tertiary/aromatic N) is 2. The molecule has 2 rings (SSSR count). The Balaban J connectivity index is 1.86. The summed E-state index contributed by atoms with van der Waals surface area (Å²) in [6.07, 6.45) is 2.67. The lowest BCUT2D eigenvalue weighted by Crippen LogP contribution is -2.46. The minimum atomic E-state index is 0.00662. The summed E-state index contributed by atoms with van der Waals surface area (Å²) < 4.78 is 5.96. The maximum atomic E-state index is 11.6. The van der Waals surface area contributed by atoms with Crippen molar-refractivity contribution in [2.75, 3.05) is 33.2 Å². The number of ether oxygens (including phenoxy) is 1. The van der Waals surface area contributed by atoms with Gasteiger partial charge in [-0.1, -0.05) is 17.7 Å². The summed E-state index contributed by atoms with van der Waals surface area (Å²) >= 11 is 0. The van der Waals surface area contributed by atoms with Crippen LogP contribution < -0.4 is 15.4 Å². The van der Waals surface area contributed by atoms with E-state index in [0.717, 1.165) is 44.2 Å². The Labute approximate surface area is 163 Å². The second-order valence-electron chi connectivity index (χ2n) is 7.24. The molecule has 0 radical (unpaired) electrons. The largest absolute Gasteiger partial charge is 0.489 e. The number of hydrogen-bond donors (Lipinski definition) is 2. The van der Waals surface area contributed by atoms with Gasteiger partial charge in [0, 0.05) is 33.1 Å². The maximum Gasteiger partial charge on any atom is 0.220 e. The number of carbonyl (C=O) groups is 1. The third kappa shape index (κ3) is 7.12. The average molecular weight is 375 g/mol. The molecule has 150 valence electrons. The Morgan fingerprint density at radius 3 is 2.56 bits per heavy atom. The average Bonchev–Trinajstić information content (AvgIpc) is 2.67. The normalized spacial score (nSPS) is 16.7. The van der Waals surface area contributed by atoms with Gasteiger partial charge in [0.25, 0.3) is 0 Å². The summed E-state index contributed by atoms with van der Waals surface area (Å²) in [5.74, 6) is 2.42. The van der Waals surface area contributed by atoms with Crippen molar-refractivity contribution in [3.8, 4) is 5.75 Å². The van der Waals surface area contributed by atoms with Gasteiger partial charge >= 0.3 is 0 Å². The summed E-state index contributed by atoms with van der Waals surface area (Å²) in [7, 11) is 1.70. The van der Waals surface area contributed by atoms with Crippen LogP contribution in [-0.4, -0.2) is 56.1 Å². The zero-order chi connectivity index (χ0) is 19.6. The molecule has 1 atom stereocenters. The van der Waals surface area contributed by atoms with Crippen LogP contribution in [0.5, 0.6) is 5.75 Å². The minimum Gasteiger partial charge on any atom is -0.489 e. The fraction of sp³-hybridized carbons (Fsp3) is 0.619. The van der Waals surface area contributed by atoms with Crippen LogP contribution in [0.4, 0.5) is 0 Å². The molecule has 1 fully saturated rings. The number of carbonyl (C=O) groups excluding carboxylic acids is 1. The molecule has 1 aromatic rings. The molecule has 0 aromatic heterocycles. The van der Waals surface area contributed by atoms with Gasteiger partial charge in [-0.25, -0.2) is 4.99 Å². The third-order valence-corrected chi connectivity index (χ3v) is 4.86. The Kier molecular flexibility index (Phi) is 8.43. The van der Waals surface area contributed by atoms with Crippen molar-refractivity contribution in [2.45, 2.75) is 46.1 Å². The molecule has 2 N–H and O–H groups in total. The Hall–Kier alpha value is -2.24. The van der Waals surface area contributed by atoms with Gasteiger partial charge in [0.1, 0.15) is 11.9 Å². The van der Waals surface area contributed by atoms with Crippen molar-refractivity contribution in [2.24, 2.45) is 10.9 Å². The molecule has 1 aromatic carbocycles. The van der Waals surface area contributed by atoms with Crippen LogP contribution in [0.2, 0.25) is 0 Å². The molecule has 1 unspecified atom stereocenters. The zero-order valence-corrected chi connectivity index (χ0v) is 17.1. The first-order chi connectivity index (χ1) is 13.0. The van der Waals surface area contributed by atoms with E-state index < -0.39 is 0 Å². The first kappa shape index (κ1) is 21.1. The smallest absolute Gasteiger partial charge is 0.220 e. The van der Waals surface area contributed by atoms with E-state index in [1.165, 1.54) is 5.56 Å². The highest BCUT2D eigenvalue weighted by atomic mass is 16.5. The summed E-state index contributed by atoms with van der Waals surface area (Å²) in [5, 5.41) is 6.11. The molecule has 0 saturated carbocycles. The molecule has 1 aliphatic heterocycles. The van der Waals surface area contributed by atoms with Crippen molar-refractivity contribution >= 4 is 11.9 Å². The Morgan fingerprint density at radius 1 is 1.30 bits per heavy atom. The van der Waals surface area contributed by atoms with Crippen LogP contribution in [0.1, 0.15) is 38.7 Å². The van der Waals surface area contributed by atoms with E-state index in [0.29, 0.717) is 18.9 Å². The lowest BCUT2D eigenvalue weighted by Gasteiger charge is -2.34. The highest BCUT2D eigenvalue weighted by molar-refractivity contribution is 5.80. The van der Waals surface area contributed by atoms with Gasteiger partial charge in [-0.15, -0.1) is 0 Å². The molecule has 27 heavy (non-hydrogen) atoms. The van der Waals surface area contributed by atoms with E-state index in [1.54, 1.807) is 7.05 Å². The number of aryl methyl sites for hydroxylation is 1. The second kappa shape index (κ2) is 10.8. The minimum absolute atomic E-state index is 0.00662. The fourth-order valence-corrected chi connectivity index (χ4v) is 3.24. The van der Waals surface area contributed by atoms with Crippen LogP contribution in [-0.2, 0) is 4.79 Å². The molecule has 1 heterocycles. The molecule has 1 saturated heterocycles. The molecule has 1 aliphatic rings.